The molecule has 6 nitrogen and oxygen atoms in total. The lowest BCUT2D eigenvalue weighted by Crippen LogP contribution is -2.39. The summed E-state index contributed by atoms with van der Waals surface area (Å²) in [6.07, 6.45) is 1.65. The predicted molar refractivity (Wildman–Crippen MR) is 132 cm³/mol. The highest BCUT2D eigenvalue weighted by Gasteiger charge is 2.25. The molecule has 0 radical (unpaired) electrons. The second kappa shape index (κ2) is 10.5. The van der Waals surface area contributed by atoms with Crippen LogP contribution in [0.5, 0.6) is 11.5 Å². The molecule has 0 bridgehead atoms. The highest BCUT2D eigenvalue weighted by atomic mass is 79.9. The fourth-order valence-electron chi connectivity index (χ4n) is 3.56. The summed E-state index contributed by atoms with van der Waals surface area (Å²) >= 11 is 3.37. The Hall–Kier alpha value is -3.32. The smallest absolute Gasteiger partial charge is 0.265 e. The van der Waals surface area contributed by atoms with Crippen molar-refractivity contribution in [2.75, 3.05) is 30.0 Å². The van der Waals surface area contributed by atoms with E-state index in [0.717, 1.165) is 16.6 Å². The molecule has 0 spiro atoms. The number of amides is 2. The summed E-state index contributed by atoms with van der Waals surface area (Å²) < 4.78 is 12.3. The number of hydrogen-bond acceptors (Lipinski definition) is 4. The molecule has 3 aromatic rings. The van der Waals surface area contributed by atoms with E-state index in [1.165, 1.54) is 5.56 Å². The molecule has 4 rings (SSSR count). The second-order valence-corrected chi connectivity index (χ2v) is 8.59. The van der Waals surface area contributed by atoms with Gasteiger partial charge >= 0.3 is 0 Å². The topological polar surface area (TPSA) is 67.9 Å². The highest BCUT2D eigenvalue weighted by molar-refractivity contribution is 9.10. The van der Waals surface area contributed by atoms with E-state index in [0.29, 0.717) is 42.3 Å². The van der Waals surface area contributed by atoms with Gasteiger partial charge < -0.3 is 19.7 Å². The van der Waals surface area contributed by atoms with Gasteiger partial charge in [0.05, 0.1) is 12.3 Å². The van der Waals surface area contributed by atoms with Crippen LogP contribution in [0.2, 0.25) is 0 Å². The Morgan fingerprint density at radius 3 is 2.58 bits per heavy atom. The maximum Gasteiger partial charge on any atom is 0.265 e. The molecule has 1 aliphatic rings. The Bertz CT molecular complexity index is 1130. The molecule has 0 aromatic heterocycles. The largest absolute Gasteiger partial charge is 0.494 e. The minimum absolute atomic E-state index is 0.00304. The van der Waals surface area contributed by atoms with Gasteiger partial charge in [-0.2, -0.15) is 0 Å². The van der Waals surface area contributed by atoms with Crippen molar-refractivity contribution < 1.29 is 19.1 Å². The third-order valence-electron chi connectivity index (χ3n) is 5.39. The first-order chi connectivity index (χ1) is 16.0. The van der Waals surface area contributed by atoms with Gasteiger partial charge in [0.2, 0.25) is 0 Å². The molecule has 0 saturated carbocycles. The standard InChI is InChI=1S/C26H25BrN2O4/c1-2-18-4-11-22(12-5-18)32-15-3-14-29-23-16-21(10-13-24(23)33-17-25(29)30)28-26(31)19-6-8-20(27)9-7-19/h4-13,16H,2-3,14-15,17H2,1H3,(H,28,31). The Kier molecular flexibility index (Phi) is 7.29. The summed E-state index contributed by atoms with van der Waals surface area (Å²) in [4.78, 5) is 26.8. The van der Waals surface area contributed by atoms with Crippen molar-refractivity contribution in [1.82, 2.24) is 0 Å². The Morgan fingerprint density at radius 2 is 1.85 bits per heavy atom. The molecule has 7 heteroatoms. The number of hydrogen-bond donors (Lipinski definition) is 1. The first-order valence-corrected chi connectivity index (χ1v) is 11.7. The number of ether oxygens (including phenoxy) is 2. The van der Waals surface area contributed by atoms with Gasteiger partial charge in [0, 0.05) is 22.3 Å². The van der Waals surface area contributed by atoms with Gasteiger partial charge in [0.25, 0.3) is 11.8 Å². The Morgan fingerprint density at radius 1 is 1.09 bits per heavy atom. The molecule has 0 aliphatic carbocycles. The summed E-state index contributed by atoms with van der Waals surface area (Å²) in [5.74, 6) is 1.09. The van der Waals surface area contributed by atoms with Crippen molar-refractivity contribution >= 4 is 39.1 Å². The van der Waals surface area contributed by atoms with Crippen LogP contribution in [0.15, 0.2) is 71.2 Å². The van der Waals surface area contributed by atoms with Gasteiger partial charge in [0.1, 0.15) is 11.5 Å². The van der Waals surface area contributed by atoms with Crippen molar-refractivity contribution in [3.8, 4) is 11.5 Å². The number of carbonyl (C=O) groups is 2. The molecule has 170 valence electrons. The number of fused-ring (bicyclic) bond motifs is 1. The van der Waals surface area contributed by atoms with Crippen LogP contribution in [0.4, 0.5) is 11.4 Å². The molecule has 1 aliphatic heterocycles. The van der Waals surface area contributed by atoms with E-state index in [-0.39, 0.29) is 18.4 Å². The highest BCUT2D eigenvalue weighted by Crippen LogP contribution is 2.35. The quantitative estimate of drug-likeness (QED) is 0.410. The molecule has 3 aromatic carbocycles. The van der Waals surface area contributed by atoms with E-state index < -0.39 is 0 Å². The predicted octanol–water partition coefficient (Wildman–Crippen LogP) is 5.46. The molecule has 0 fully saturated rings. The van der Waals surface area contributed by atoms with Gasteiger partial charge in [-0.1, -0.05) is 35.0 Å². The molecular weight excluding hydrogens is 484 g/mol. The zero-order valence-corrected chi connectivity index (χ0v) is 19.9. The summed E-state index contributed by atoms with van der Waals surface area (Å²) in [6.45, 7) is 3.10. The zero-order valence-electron chi connectivity index (χ0n) is 18.3. The lowest BCUT2D eigenvalue weighted by Gasteiger charge is -2.30. The third kappa shape index (κ3) is 5.73. The van der Waals surface area contributed by atoms with E-state index in [2.05, 4.69) is 40.3 Å². The number of rotatable bonds is 8. The van der Waals surface area contributed by atoms with Crippen LogP contribution in [-0.4, -0.2) is 31.6 Å². The first-order valence-electron chi connectivity index (χ1n) is 10.9. The Labute approximate surface area is 201 Å². The molecular formula is C26H25BrN2O4. The van der Waals surface area contributed by atoms with Crippen LogP contribution in [0, 0.1) is 0 Å². The van der Waals surface area contributed by atoms with Gasteiger partial charge in [-0.05, 0) is 73.0 Å². The normalized spacial score (nSPS) is 12.7. The summed E-state index contributed by atoms with van der Waals surface area (Å²) in [7, 11) is 0. The van der Waals surface area contributed by atoms with E-state index in [4.69, 9.17) is 9.47 Å². The number of halogens is 1. The van der Waals surface area contributed by atoms with E-state index in [1.54, 1.807) is 35.2 Å². The van der Waals surface area contributed by atoms with Gasteiger partial charge in [-0.25, -0.2) is 0 Å². The van der Waals surface area contributed by atoms with E-state index >= 15 is 0 Å². The SMILES string of the molecule is CCc1ccc(OCCCN2C(=O)COc3ccc(NC(=O)c4ccc(Br)cc4)cc32)cc1. The first kappa shape index (κ1) is 22.9. The van der Waals surface area contributed by atoms with Crippen molar-refractivity contribution in [3.63, 3.8) is 0 Å². The maximum atomic E-state index is 12.6. The van der Waals surface area contributed by atoms with Crippen LogP contribution in [0.1, 0.15) is 29.3 Å². The average Bonchev–Trinajstić information content (AvgIpc) is 2.83. The molecule has 1 heterocycles. The van der Waals surface area contributed by atoms with Crippen molar-refractivity contribution in [2.45, 2.75) is 19.8 Å². The number of benzene rings is 3. The lowest BCUT2D eigenvalue weighted by atomic mass is 10.1. The molecule has 0 atom stereocenters. The Balaban J connectivity index is 1.39. The number of nitrogens with zero attached hydrogens (tertiary/aromatic N) is 1. The van der Waals surface area contributed by atoms with Crippen LogP contribution in [0.3, 0.4) is 0 Å². The molecule has 1 N–H and O–H groups in total. The van der Waals surface area contributed by atoms with Crippen LogP contribution in [0.25, 0.3) is 0 Å². The minimum atomic E-state index is -0.223. The van der Waals surface area contributed by atoms with E-state index in [9.17, 15) is 9.59 Å². The number of carbonyl (C=O) groups excluding carboxylic acids is 2. The van der Waals surface area contributed by atoms with Crippen molar-refractivity contribution in [1.29, 1.82) is 0 Å². The maximum absolute atomic E-state index is 12.6. The number of anilines is 2. The fraction of sp³-hybridized carbons (Fsp3) is 0.231. The summed E-state index contributed by atoms with van der Waals surface area (Å²) in [5.41, 5.74) is 3.05. The van der Waals surface area contributed by atoms with E-state index in [1.807, 2.05) is 24.3 Å². The van der Waals surface area contributed by atoms with Gasteiger partial charge in [-0.15, -0.1) is 0 Å². The molecule has 0 saturated heterocycles. The average molecular weight is 509 g/mol. The number of aryl methyl sites for hydroxylation is 1. The van der Waals surface area contributed by atoms with Crippen molar-refractivity contribution in [2.24, 2.45) is 0 Å². The van der Waals surface area contributed by atoms with Crippen LogP contribution >= 0.6 is 15.9 Å². The molecule has 2 amide bonds. The third-order valence-corrected chi connectivity index (χ3v) is 5.92. The summed E-state index contributed by atoms with van der Waals surface area (Å²) in [5, 5.41) is 2.89. The van der Waals surface area contributed by atoms with Crippen molar-refractivity contribution in [3.05, 3.63) is 82.3 Å². The molecule has 0 unspecified atom stereocenters. The second-order valence-electron chi connectivity index (χ2n) is 7.68. The van der Waals surface area contributed by atoms with Crippen LogP contribution in [-0.2, 0) is 11.2 Å². The van der Waals surface area contributed by atoms with Gasteiger partial charge in [-0.3, -0.25) is 9.59 Å². The van der Waals surface area contributed by atoms with Crippen LogP contribution < -0.4 is 19.7 Å². The zero-order chi connectivity index (χ0) is 23.2. The monoisotopic (exact) mass is 508 g/mol. The minimum Gasteiger partial charge on any atom is -0.494 e. The summed E-state index contributed by atoms with van der Waals surface area (Å²) in [6, 6.07) is 20.5. The lowest BCUT2D eigenvalue weighted by molar-refractivity contribution is -0.121. The fourth-order valence-corrected chi connectivity index (χ4v) is 3.83. The molecule has 33 heavy (non-hydrogen) atoms. The van der Waals surface area contributed by atoms with Gasteiger partial charge in [0.15, 0.2) is 6.61 Å². The number of nitrogens with one attached hydrogen (secondary N) is 1.